The number of benzene rings is 1. The van der Waals surface area contributed by atoms with Crippen molar-refractivity contribution in [1.29, 1.82) is 0 Å². The van der Waals surface area contributed by atoms with Gasteiger partial charge in [-0.3, -0.25) is 4.79 Å². The number of anilines is 1. The summed E-state index contributed by atoms with van der Waals surface area (Å²) in [5.41, 5.74) is 0.104. The van der Waals surface area contributed by atoms with Crippen molar-refractivity contribution in [3.8, 4) is 17.4 Å². The van der Waals surface area contributed by atoms with E-state index in [1.54, 1.807) is 24.3 Å². The molecule has 1 aliphatic heterocycles. The molecule has 1 amide bonds. The summed E-state index contributed by atoms with van der Waals surface area (Å²) in [6, 6.07) is 11.9. The largest absolute Gasteiger partial charge is 0.479 e. The van der Waals surface area contributed by atoms with E-state index in [1.807, 2.05) is 0 Å². The first-order chi connectivity index (χ1) is 17.2. The zero-order valence-electron chi connectivity index (χ0n) is 18.9. The average molecular weight is 514 g/mol. The normalized spacial score (nSPS) is 16.0. The van der Waals surface area contributed by atoms with Gasteiger partial charge in [-0.2, -0.15) is 4.68 Å². The van der Waals surface area contributed by atoms with Gasteiger partial charge in [0.05, 0.1) is 11.9 Å². The van der Waals surface area contributed by atoms with Crippen molar-refractivity contribution in [1.82, 2.24) is 19.2 Å². The fourth-order valence-corrected chi connectivity index (χ4v) is 4.39. The van der Waals surface area contributed by atoms with Gasteiger partial charge in [-0.05, 0) is 42.5 Å². The predicted molar refractivity (Wildman–Crippen MR) is 126 cm³/mol. The van der Waals surface area contributed by atoms with Gasteiger partial charge in [-0.1, -0.05) is 0 Å². The van der Waals surface area contributed by atoms with E-state index in [2.05, 4.69) is 10.1 Å². The number of nitrogens with zero attached hydrogens (tertiary/aromatic N) is 5. The number of sulfone groups is 1. The van der Waals surface area contributed by atoms with E-state index in [9.17, 15) is 22.4 Å². The number of amides is 1. The summed E-state index contributed by atoms with van der Waals surface area (Å²) in [7, 11) is -3.46. The van der Waals surface area contributed by atoms with Crippen LogP contribution in [-0.2, 0) is 20.5 Å². The van der Waals surface area contributed by atoms with Gasteiger partial charge < -0.3 is 14.4 Å². The van der Waals surface area contributed by atoms with Crippen LogP contribution >= 0.6 is 0 Å². The summed E-state index contributed by atoms with van der Waals surface area (Å²) in [5, 5.41) is 4.02. The summed E-state index contributed by atoms with van der Waals surface area (Å²) in [5.74, 6) is -0.125. The minimum absolute atomic E-state index is 0.265. The summed E-state index contributed by atoms with van der Waals surface area (Å²) < 4.78 is 49.6. The van der Waals surface area contributed by atoms with Gasteiger partial charge in [0.15, 0.2) is 21.6 Å². The van der Waals surface area contributed by atoms with Crippen LogP contribution in [0.4, 0.5) is 10.1 Å². The molecule has 1 aromatic carbocycles. The number of halogens is 1. The number of carbonyl (C=O) groups excluding carboxylic acids is 1. The molecule has 13 heteroatoms. The molecule has 1 fully saturated rings. The number of carbonyl (C=O) groups is 1. The third kappa shape index (κ3) is 4.91. The van der Waals surface area contributed by atoms with Crippen LogP contribution in [0.5, 0.6) is 17.4 Å². The molecule has 0 spiro atoms. The number of hydrogen-bond acceptors (Lipinski definition) is 8. The first kappa shape index (κ1) is 23.5. The summed E-state index contributed by atoms with van der Waals surface area (Å²) >= 11 is 0. The Bertz CT molecular complexity index is 1600. The van der Waals surface area contributed by atoms with Crippen LogP contribution in [0.2, 0.25) is 0 Å². The molecular weight excluding hydrogens is 493 g/mol. The molecule has 4 aromatic rings. The second-order valence-electron chi connectivity index (χ2n) is 8.23. The summed E-state index contributed by atoms with van der Waals surface area (Å²) in [6.07, 6.45) is 3.55. The average Bonchev–Trinajstić information content (AvgIpc) is 3.34. The van der Waals surface area contributed by atoms with Gasteiger partial charge in [0, 0.05) is 31.5 Å². The third-order valence-electron chi connectivity index (χ3n) is 5.41. The molecule has 0 saturated carbocycles. The number of aromatic nitrogens is 4. The predicted octanol–water partition coefficient (Wildman–Crippen LogP) is 2.01. The molecule has 1 atom stereocenters. The minimum Gasteiger partial charge on any atom is -0.479 e. The molecule has 0 radical (unpaired) electrons. The number of fused-ring (bicyclic) bond motifs is 1. The fourth-order valence-electron chi connectivity index (χ4n) is 3.78. The van der Waals surface area contributed by atoms with E-state index < -0.39 is 27.5 Å². The molecule has 3 aromatic heterocycles. The van der Waals surface area contributed by atoms with Crippen LogP contribution in [0.3, 0.4) is 0 Å². The highest BCUT2D eigenvalue weighted by molar-refractivity contribution is 7.89. The maximum absolute atomic E-state index is 13.0. The van der Waals surface area contributed by atoms with E-state index in [1.165, 1.54) is 46.0 Å². The van der Waals surface area contributed by atoms with Crippen LogP contribution < -0.4 is 20.1 Å². The number of ether oxygens (including phenoxy) is 2. The van der Waals surface area contributed by atoms with Crippen molar-refractivity contribution in [3.05, 3.63) is 77.2 Å². The summed E-state index contributed by atoms with van der Waals surface area (Å²) in [4.78, 5) is 31.2. The van der Waals surface area contributed by atoms with Crippen molar-refractivity contribution < 1.29 is 27.1 Å². The highest BCUT2D eigenvalue weighted by Gasteiger charge is 2.34. The van der Waals surface area contributed by atoms with Gasteiger partial charge in [0.1, 0.15) is 23.2 Å². The Kier molecular flexibility index (Phi) is 5.92. The lowest BCUT2D eigenvalue weighted by Crippen LogP contribution is -2.32. The van der Waals surface area contributed by atoms with Crippen molar-refractivity contribution >= 4 is 27.1 Å². The van der Waals surface area contributed by atoms with Crippen molar-refractivity contribution in [3.63, 3.8) is 0 Å². The van der Waals surface area contributed by atoms with Gasteiger partial charge in [0.25, 0.3) is 5.91 Å². The van der Waals surface area contributed by atoms with E-state index in [4.69, 9.17) is 9.47 Å². The van der Waals surface area contributed by atoms with E-state index in [-0.39, 0.29) is 23.3 Å². The minimum atomic E-state index is -3.46. The van der Waals surface area contributed by atoms with Gasteiger partial charge >= 0.3 is 5.69 Å². The number of hydrogen-bond donors (Lipinski definition) is 0. The monoisotopic (exact) mass is 513 g/mol. The van der Waals surface area contributed by atoms with Crippen LogP contribution in [0.1, 0.15) is 6.42 Å². The second kappa shape index (κ2) is 9.07. The van der Waals surface area contributed by atoms with Crippen molar-refractivity contribution in [2.75, 3.05) is 17.7 Å². The molecule has 1 saturated heterocycles. The van der Waals surface area contributed by atoms with Crippen LogP contribution in [0.15, 0.2) is 65.7 Å². The molecule has 5 rings (SSSR count). The molecule has 0 bridgehead atoms. The molecule has 0 N–H and O–H groups in total. The zero-order chi connectivity index (χ0) is 25.4. The lowest BCUT2D eigenvalue weighted by atomic mass is 10.3. The SMILES string of the molecule is CS(=O)(=O)Cn1nc2ccc(N3CC[C@@H](Oc4ccc(Oc5ccc(F)cc5)nc4)C3=O)cn2c1=O. The first-order valence-electron chi connectivity index (χ1n) is 10.8. The van der Waals surface area contributed by atoms with E-state index >= 15 is 0 Å². The number of pyridine rings is 2. The Hall–Kier alpha value is -4.26. The fraction of sp³-hybridized carbons (Fsp3) is 0.217. The van der Waals surface area contributed by atoms with E-state index in [0.29, 0.717) is 30.2 Å². The molecule has 1 aliphatic rings. The molecule has 0 unspecified atom stereocenters. The molecule has 4 heterocycles. The Labute approximate surface area is 204 Å². The van der Waals surface area contributed by atoms with Crippen LogP contribution in [0, 0.1) is 5.82 Å². The van der Waals surface area contributed by atoms with E-state index in [0.717, 1.165) is 10.9 Å². The lowest BCUT2D eigenvalue weighted by molar-refractivity contribution is -0.122. The Morgan fingerprint density at radius 3 is 2.50 bits per heavy atom. The highest BCUT2D eigenvalue weighted by atomic mass is 32.2. The lowest BCUT2D eigenvalue weighted by Gasteiger charge is -2.17. The quantitative estimate of drug-likeness (QED) is 0.368. The Morgan fingerprint density at radius 1 is 1.06 bits per heavy atom. The second-order valence-corrected chi connectivity index (χ2v) is 10.3. The van der Waals surface area contributed by atoms with Crippen LogP contribution in [-0.4, -0.2) is 52.4 Å². The molecular formula is C23H20FN5O6S. The van der Waals surface area contributed by atoms with Crippen LogP contribution in [0.25, 0.3) is 5.65 Å². The van der Waals surface area contributed by atoms with Gasteiger partial charge in [0.2, 0.25) is 5.88 Å². The maximum Gasteiger partial charge on any atom is 0.351 e. The Morgan fingerprint density at radius 2 is 1.81 bits per heavy atom. The Balaban J connectivity index is 1.27. The topological polar surface area (TPSA) is 125 Å². The van der Waals surface area contributed by atoms with Gasteiger partial charge in [-0.25, -0.2) is 27.0 Å². The molecule has 186 valence electrons. The molecule has 0 aliphatic carbocycles. The van der Waals surface area contributed by atoms with Gasteiger partial charge in [-0.15, -0.1) is 5.10 Å². The maximum atomic E-state index is 13.0. The van der Waals surface area contributed by atoms with Crippen molar-refractivity contribution in [2.45, 2.75) is 18.4 Å². The molecule has 36 heavy (non-hydrogen) atoms. The summed E-state index contributed by atoms with van der Waals surface area (Å²) in [6.45, 7) is 0.362. The highest BCUT2D eigenvalue weighted by Crippen LogP contribution is 2.26. The zero-order valence-corrected chi connectivity index (χ0v) is 19.8. The standard InChI is InChI=1S/C23H20FN5O6S/c1-36(32,33)14-29-23(31)28-13-16(4-8-20(28)26-29)27-11-10-19(22(27)30)34-18-7-9-21(25-12-18)35-17-5-2-15(24)3-6-17/h2-9,12-13,19H,10-11,14H2,1H3/t19-/m1/s1. The molecule has 11 nitrogen and oxygen atoms in total. The van der Waals surface area contributed by atoms with Crippen molar-refractivity contribution in [2.24, 2.45) is 0 Å². The smallest absolute Gasteiger partial charge is 0.351 e. The third-order valence-corrected chi connectivity index (χ3v) is 6.12. The first-order valence-corrected chi connectivity index (χ1v) is 12.9. The number of rotatable bonds is 7.